The van der Waals surface area contributed by atoms with E-state index in [1.54, 1.807) is 0 Å². The van der Waals surface area contributed by atoms with Gasteiger partial charge in [0.25, 0.3) is 0 Å². The molecule has 0 aliphatic rings. The van der Waals surface area contributed by atoms with E-state index in [-0.39, 0.29) is 0 Å². The van der Waals surface area contributed by atoms with Gasteiger partial charge in [-0.1, -0.05) is 133 Å². The number of pyridine rings is 1. The van der Waals surface area contributed by atoms with Crippen LogP contribution in [-0.4, -0.2) is 4.98 Å². The monoisotopic (exact) mass is 489 g/mol. The zero-order valence-corrected chi connectivity index (χ0v) is 20.6. The summed E-state index contributed by atoms with van der Waals surface area (Å²) in [5, 5.41) is 13.6. The van der Waals surface area contributed by atoms with Crippen LogP contribution < -0.4 is 0 Å². The highest BCUT2D eigenvalue weighted by Gasteiger charge is 2.20. The average Bonchev–Trinajstić information content (AvgIpc) is 2.97. The van der Waals surface area contributed by atoms with Crippen molar-refractivity contribution in [2.45, 2.75) is 0 Å². The van der Waals surface area contributed by atoms with Crippen molar-refractivity contribution in [2.75, 3.05) is 0 Å². The third kappa shape index (κ3) is 2.83. The zero-order valence-electron chi connectivity index (χ0n) is 19.9. The summed E-state index contributed by atoms with van der Waals surface area (Å²) in [7, 11) is 0. The summed E-state index contributed by atoms with van der Waals surface area (Å²) in [6.45, 7) is 0. The summed E-state index contributed by atoms with van der Waals surface area (Å²) < 4.78 is 0. The lowest BCUT2D eigenvalue weighted by Gasteiger charge is -2.18. The summed E-state index contributed by atoms with van der Waals surface area (Å²) >= 11 is 7.22. The molecule has 0 atom stereocenters. The molecule has 37 heavy (non-hydrogen) atoms. The smallest absolute Gasteiger partial charge is 0.138 e. The van der Waals surface area contributed by atoms with Crippen LogP contribution in [0.15, 0.2) is 121 Å². The van der Waals surface area contributed by atoms with Crippen molar-refractivity contribution in [1.29, 1.82) is 0 Å². The number of rotatable bonds is 1. The second-order valence-electron chi connectivity index (χ2n) is 9.61. The van der Waals surface area contributed by atoms with Crippen LogP contribution in [0.1, 0.15) is 0 Å². The standard InChI is InChI=1S/C35H20ClN/c36-35-33-31(29-20-10-19-22(34(29)37-35)21-11-2-1-3-12-21)28-18-9-8-17-27(28)30-25-15-6-4-13-23(25)24-14-5-7-16-26(24)32(30)33/h1-20H. The fourth-order valence-corrected chi connectivity index (χ4v) is 6.49. The third-order valence-electron chi connectivity index (χ3n) is 7.71. The molecule has 0 aliphatic carbocycles. The molecule has 0 saturated carbocycles. The molecule has 8 rings (SSSR count). The third-order valence-corrected chi connectivity index (χ3v) is 7.98. The maximum atomic E-state index is 7.22. The van der Waals surface area contributed by atoms with E-state index in [9.17, 15) is 0 Å². The highest BCUT2D eigenvalue weighted by molar-refractivity contribution is 6.47. The Morgan fingerprint density at radius 3 is 1.46 bits per heavy atom. The summed E-state index contributed by atoms with van der Waals surface area (Å²) in [6.07, 6.45) is 0. The maximum Gasteiger partial charge on any atom is 0.138 e. The molecule has 1 aromatic heterocycles. The minimum atomic E-state index is 0.544. The largest absolute Gasteiger partial charge is 0.235 e. The number of para-hydroxylation sites is 1. The van der Waals surface area contributed by atoms with Crippen LogP contribution in [0.25, 0.3) is 75.9 Å². The first-order valence-corrected chi connectivity index (χ1v) is 12.9. The molecule has 0 N–H and O–H groups in total. The Balaban J connectivity index is 1.73. The predicted molar refractivity (Wildman–Crippen MR) is 160 cm³/mol. The predicted octanol–water partition coefficient (Wildman–Crippen LogP) is 10.3. The number of aromatic nitrogens is 1. The highest BCUT2D eigenvalue weighted by Crippen LogP contribution is 2.47. The van der Waals surface area contributed by atoms with Gasteiger partial charge in [0, 0.05) is 27.1 Å². The topological polar surface area (TPSA) is 12.9 Å². The molecule has 0 spiro atoms. The number of fused-ring (bicyclic) bond motifs is 13. The minimum Gasteiger partial charge on any atom is -0.235 e. The molecule has 0 aliphatic heterocycles. The lowest BCUT2D eigenvalue weighted by Crippen LogP contribution is -1.93. The first-order valence-electron chi connectivity index (χ1n) is 12.5. The van der Waals surface area contributed by atoms with Crippen LogP contribution in [0.5, 0.6) is 0 Å². The number of nitrogens with zero attached hydrogens (tertiary/aromatic N) is 1. The highest BCUT2D eigenvalue weighted by atomic mass is 35.5. The Morgan fingerprint density at radius 2 is 0.838 bits per heavy atom. The van der Waals surface area contributed by atoms with Crippen molar-refractivity contribution >= 4 is 76.4 Å². The Hall–Kier alpha value is -4.46. The van der Waals surface area contributed by atoms with E-state index in [4.69, 9.17) is 16.6 Å². The second-order valence-corrected chi connectivity index (χ2v) is 9.97. The molecule has 7 aromatic carbocycles. The van der Waals surface area contributed by atoms with Crippen molar-refractivity contribution in [3.63, 3.8) is 0 Å². The van der Waals surface area contributed by atoms with Gasteiger partial charge in [0.1, 0.15) is 5.15 Å². The van der Waals surface area contributed by atoms with E-state index in [0.29, 0.717) is 5.15 Å². The summed E-state index contributed by atoms with van der Waals surface area (Å²) in [4.78, 5) is 5.09. The number of benzene rings is 7. The maximum absolute atomic E-state index is 7.22. The number of hydrogen-bond acceptors (Lipinski definition) is 1. The van der Waals surface area contributed by atoms with Gasteiger partial charge >= 0.3 is 0 Å². The minimum absolute atomic E-state index is 0.544. The molecule has 0 unspecified atom stereocenters. The van der Waals surface area contributed by atoms with Gasteiger partial charge in [-0.2, -0.15) is 0 Å². The Morgan fingerprint density at radius 1 is 0.378 bits per heavy atom. The van der Waals surface area contributed by atoms with Gasteiger partial charge in [-0.15, -0.1) is 0 Å². The summed E-state index contributed by atoms with van der Waals surface area (Å²) in [5.74, 6) is 0. The van der Waals surface area contributed by atoms with Gasteiger partial charge in [0.2, 0.25) is 0 Å². The molecular weight excluding hydrogens is 470 g/mol. The van der Waals surface area contributed by atoms with E-state index in [1.807, 2.05) is 6.07 Å². The molecule has 1 heterocycles. The first kappa shape index (κ1) is 20.7. The lowest BCUT2D eigenvalue weighted by atomic mass is 9.86. The molecule has 0 amide bonds. The van der Waals surface area contributed by atoms with E-state index >= 15 is 0 Å². The number of hydrogen-bond donors (Lipinski definition) is 0. The summed E-state index contributed by atoms with van der Waals surface area (Å²) in [6, 6.07) is 43.0. The molecule has 2 heteroatoms. The molecule has 0 fully saturated rings. The molecule has 1 nitrogen and oxygen atoms in total. The van der Waals surface area contributed by atoms with Gasteiger partial charge in [0.05, 0.1) is 5.52 Å². The van der Waals surface area contributed by atoms with Crippen LogP contribution in [-0.2, 0) is 0 Å². The molecule has 0 bridgehead atoms. The molecular formula is C35H20ClN. The van der Waals surface area contributed by atoms with Gasteiger partial charge in [0.15, 0.2) is 0 Å². The van der Waals surface area contributed by atoms with Crippen molar-refractivity contribution in [3.8, 4) is 11.1 Å². The van der Waals surface area contributed by atoms with E-state index < -0.39 is 0 Å². The normalized spacial score (nSPS) is 11.9. The zero-order chi connectivity index (χ0) is 24.5. The Bertz CT molecular complexity index is 2200. The molecule has 172 valence electrons. The van der Waals surface area contributed by atoms with Crippen LogP contribution in [0.4, 0.5) is 0 Å². The van der Waals surface area contributed by atoms with Crippen LogP contribution in [0, 0.1) is 0 Å². The lowest BCUT2D eigenvalue weighted by molar-refractivity contribution is 1.45. The fraction of sp³-hybridized carbons (Fsp3) is 0. The second kappa shape index (κ2) is 7.77. The van der Waals surface area contributed by atoms with E-state index in [1.165, 1.54) is 43.1 Å². The first-order chi connectivity index (χ1) is 18.3. The Kier molecular flexibility index (Phi) is 4.35. The average molecular weight is 490 g/mol. The van der Waals surface area contributed by atoms with E-state index in [0.717, 1.165) is 32.8 Å². The van der Waals surface area contributed by atoms with Crippen LogP contribution in [0.2, 0.25) is 5.15 Å². The van der Waals surface area contributed by atoms with Gasteiger partial charge in [-0.3, -0.25) is 0 Å². The number of halogens is 1. The molecule has 0 radical (unpaired) electrons. The van der Waals surface area contributed by atoms with Crippen LogP contribution in [0.3, 0.4) is 0 Å². The summed E-state index contributed by atoms with van der Waals surface area (Å²) in [5.41, 5.74) is 3.16. The SMILES string of the molecule is Clc1nc2c(-c3ccccc3)cccc2c2c3ccccc3c3c4ccccc4c4ccccc4c3c12. The molecule has 8 aromatic rings. The fourth-order valence-electron chi connectivity index (χ4n) is 6.22. The van der Waals surface area contributed by atoms with Crippen molar-refractivity contribution < 1.29 is 0 Å². The van der Waals surface area contributed by atoms with Crippen molar-refractivity contribution in [3.05, 3.63) is 126 Å². The quantitative estimate of drug-likeness (QED) is 0.165. The van der Waals surface area contributed by atoms with Crippen molar-refractivity contribution in [2.24, 2.45) is 0 Å². The molecule has 0 saturated heterocycles. The van der Waals surface area contributed by atoms with Crippen molar-refractivity contribution in [1.82, 2.24) is 4.98 Å². The van der Waals surface area contributed by atoms with Gasteiger partial charge in [-0.05, 0) is 43.3 Å². The van der Waals surface area contributed by atoms with E-state index in [2.05, 4.69) is 115 Å². The van der Waals surface area contributed by atoms with Gasteiger partial charge in [-0.25, -0.2) is 4.98 Å². The van der Waals surface area contributed by atoms with Crippen LogP contribution >= 0.6 is 11.6 Å². The van der Waals surface area contributed by atoms with Gasteiger partial charge < -0.3 is 0 Å². The Labute approximate surface area is 218 Å².